The van der Waals surface area contributed by atoms with Crippen molar-refractivity contribution in [2.24, 2.45) is 0 Å². The van der Waals surface area contributed by atoms with E-state index in [1.807, 2.05) is 60.7 Å². The summed E-state index contributed by atoms with van der Waals surface area (Å²) in [7, 11) is 0. The summed E-state index contributed by atoms with van der Waals surface area (Å²) in [6.07, 6.45) is 9.52. The van der Waals surface area contributed by atoms with E-state index < -0.39 is 6.10 Å². The van der Waals surface area contributed by atoms with Crippen molar-refractivity contribution < 1.29 is 5.11 Å². The molecule has 1 atom stereocenters. The average Bonchev–Trinajstić information content (AvgIpc) is 2.77. The summed E-state index contributed by atoms with van der Waals surface area (Å²) in [5.74, 6) is 0. The highest BCUT2D eigenvalue weighted by molar-refractivity contribution is 5.37. The Morgan fingerprint density at radius 3 is 1.69 bits per heavy atom. The van der Waals surface area contributed by atoms with Gasteiger partial charge in [0.1, 0.15) is 6.10 Å². The van der Waals surface area contributed by atoms with Crippen molar-refractivity contribution in [3.8, 4) is 0 Å². The summed E-state index contributed by atoms with van der Waals surface area (Å²) in [6.45, 7) is 0.703. The van der Waals surface area contributed by atoms with Gasteiger partial charge in [0, 0.05) is 12.2 Å². The Hall–Kier alpha value is -3.36. The molecule has 29 heavy (non-hydrogen) atoms. The Kier molecular flexibility index (Phi) is 6.04. The predicted octanol–water partition coefficient (Wildman–Crippen LogP) is 5.82. The second-order valence-corrected chi connectivity index (χ2v) is 7.09. The predicted molar refractivity (Wildman–Crippen MR) is 119 cm³/mol. The van der Waals surface area contributed by atoms with Crippen LogP contribution in [0.25, 0.3) is 0 Å². The van der Waals surface area contributed by atoms with Gasteiger partial charge in [0.05, 0.1) is 6.04 Å². The number of aliphatic hydroxyl groups is 1. The lowest BCUT2D eigenvalue weighted by Crippen LogP contribution is -2.32. The average molecular weight is 380 g/mol. The molecule has 0 saturated heterocycles. The first-order chi connectivity index (χ1) is 14.3. The Bertz CT molecular complexity index is 951. The SMILES string of the molecule is OC(/C1=C/C=C\C=C/CN1C(c1ccccc1)c1ccccc1)c1ccccc1. The number of benzene rings is 3. The molecular weight excluding hydrogens is 354 g/mol. The van der Waals surface area contributed by atoms with Crippen LogP contribution in [0.15, 0.2) is 127 Å². The lowest BCUT2D eigenvalue weighted by Gasteiger charge is -2.38. The van der Waals surface area contributed by atoms with Gasteiger partial charge in [-0.05, 0) is 22.8 Å². The zero-order chi connectivity index (χ0) is 19.9. The molecule has 144 valence electrons. The lowest BCUT2D eigenvalue weighted by molar-refractivity contribution is 0.156. The van der Waals surface area contributed by atoms with Gasteiger partial charge in [-0.15, -0.1) is 0 Å². The molecule has 3 aromatic rings. The maximum absolute atomic E-state index is 11.3. The summed E-state index contributed by atoms with van der Waals surface area (Å²) in [5, 5.41) is 11.3. The Morgan fingerprint density at radius 2 is 1.14 bits per heavy atom. The molecule has 0 fully saturated rings. The third-order valence-electron chi connectivity index (χ3n) is 5.20. The van der Waals surface area contributed by atoms with E-state index in [-0.39, 0.29) is 6.04 Å². The standard InChI is InChI=1S/C27H25NO/c29-27(24-18-10-5-11-19-24)25-20-12-1-2-13-21-28(25)26(22-14-6-3-7-15-22)23-16-8-4-9-17-23/h1-20,26-27,29H,21H2/b12-1-,13-2-,25-20-. The highest BCUT2D eigenvalue weighted by atomic mass is 16.3. The van der Waals surface area contributed by atoms with Gasteiger partial charge >= 0.3 is 0 Å². The van der Waals surface area contributed by atoms with Crippen LogP contribution in [0, 0.1) is 0 Å². The zero-order valence-corrected chi connectivity index (χ0v) is 16.3. The van der Waals surface area contributed by atoms with Crippen LogP contribution < -0.4 is 0 Å². The number of hydrogen-bond acceptors (Lipinski definition) is 2. The van der Waals surface area contributed by atoms with E-state index in [1.165, 1.54) is 11.1 Å². The van der Waals surface area contributed by atoms with Crippen LogP contribution in [-0.2, 0) is 0 Å². The second kappa shape index (κ2) is 9.22. The molecular formula is C27H25NO. The van der Waals surface area contributed by atoms with Crippen LogP contribution in [0.4, 0.5) is 0 Å². The Labute approximate surface area is 172 Å². The van der Waals surface area contributed by atoms with Crippen molar-refractivity contribution in [3.63, 3.8) is 0 Å². The maximum Gasteiger partial charge on any atom is 0.119 e. The van der Waals surface area contributed by atoms with E-state index >= 15 is 0 Å². The Balaban J connectivity index is 1.83. The minimum Gasteiger partial charge on any atom is -0.382 e. The van der Waals surface area contributed by atoms with Crippen molar-refractivity contribution in [3.05, 3.63) is 144 Å². The number of aliphatic hydroxyl groups excluding tert-OH is 1. The van der Waals surface area contributed by atoms with Gasteiger partial charge < -0.3 is 10.0 Å². The van der Waals surface area contributed by atoms with Crippen LogP contribution in [0.3, 0.4) is 0 Å². The third-order valence-corrected chi connectivity index (χ3v) is 5.20. The van der Waals surface area contributed by atoms with Gasteiger partial charge in [-0.3, -0.25) is 0 Å². The smallest absolute Gasteiger partial charge is 0.119 e. The van der Waals surface area contributed by atoms with E-state index in [9.17, 15) is 5.11 Å². The maximum atomic E-state index is 11.3. The number of allylic oxidation sites excluding steroid dienone is 4. The van der Waals surface area contributed by atoms with Crippen molar-refractivity contribution in [1.82, 2.24) is 4.90 Å². The molecule has 0 aromatic heterocycles. The largest absolute Gasteiger partial charge is 0.382 e. The van der Waals surface area contributed by atoms with Crippen LogP contribution >= 0.6 is 0 Å². The first-order valence-electron chi connectivity index (χ1n) is 9.97. The molecule has 2 heteroatoms. The van der Waals surface area contributed by atoms with Gasteiger partial charge in [-0.25, -0.2) is 0 Å². The molecule has 3 aromatic carbocycles. The molecule has 0 radical (unpaired) electrons. The molecule has 2 nitrogen and oxygen atoms in total. The molecule has 0 bridgehead atoms. The van der Waals surface area contributed by atoms with Gasteiger partial charge in [0.15, 0.2) is 0 Å². The summed E-state index contributed by atoms with van der Waals surface area (Å²) in [6, 6.07) is 30.8. The third kappa shape index (κ3) is 4.39. The van der Waals surface area contributed by atoms with E-state index in [1.54, 1.807) is 0 Å². The number of nitrogens with zero attached hydrogens (tertiary/aromatic N) is 1. The molecule has 0 spiro atoms. The monoisotopic (exact) mass is 379 g/mol. The molecule has 1 aliphatic heterocycles. The summed E-state index contributed by atoms with van der Waals surface area (Å²) >= 11 is 0. The van der Waals surface area contributed by atoms with E-state index in [4.69, 9.17) is 0 Å². The highest BCUT2D eigenvalue weighted by Gasteiger charge is 2.27. The highest BCUT2D eigenvalue weighted by Crippen LogP contribution is 2.36. The fourth-order valence-electron chi connectivity index (χ4n) is 3.80. The van der Waals surface area contributed by atoms with Crippen LogP contribution in [0.5, 0.6) is 0 Å². The molecule has 1 aliphatic rings. The molecule has 1 heterocycles. The quantitative estimate of drug-likeness (QED) is 0.604. The van der Waals surface area contributed by atoms with E-state index in [0.717, 1.165) is 11.3 Å². The summed E-state index contributed by atoms with van der Waals surface area (Å²) in [5.41, 5.74) is 4.17. The van der Waals surface area contributed by atoms with Crippen molar-refractivity contribution >= 4 is 0 Å². The van der Waals surface area contributed by atoms with E-state index in [2.05, 4.69) is 65.6 Å². The second-order valence-electron chi connectivity index (χ2n) is 7.09. The molecule has 4 rings (SSSR count). The number of rotatable bonds is 5. The minimum absolute atomic E-state index is 0.00170. The fourth-order valence-corrected chi connectivity index (χ4v) is 3.80. The van der Waals surface area contributed by atoms with Gasteiger partial charge in [-0.1, -0.05) is 115 Å². The lowest BCUT2D eigenvalue weighted by atomic mass is 9.94. The number of hydrogen-bond donors (Lipinski definition) is 1. The van der Waals surface area contributed by atoms with Crippen molar-refractivity contribution in [1.29, 1.82) is 0 Å². The molecule has 0 saturated carbocycles. The van der Waals surface area contributed by atoms with Crippen LogP contribution in [0.1, 0.15) is 28.8 Å². The molecule has 0 amide bonds. The summed E-state index contributed by atoms with van der Waals surface area (Å²) < 4.78 is 0. The zero-order valence-electron chi connectivity index (χ0n) is 16.3. The first-order valence-corrected chi connectivity index (χ1v) is 9.97. The van der Waals surface area contributed by atoms with Gasteiger partial charge in [-0.2, -0.15) is 0 Å². The normalized spacial score (nSPS) is 19.0. The van der Waals surface area contributed by atoms with Gasteiger partial charge in [0.25, 0.3) is 0 Å². The first kappa shape index (κ1) is 19.0. The molecule has 1 N–H and O–H groups in total. The van der Waals surface area contributed by atoms with Crippen LogP contribution in [0.2, 0.25) is 0 Å². The molecule has 0 aliphatic carbocycles. The van der Waals surface area contributed by atoms with Crippen molar-refractivity contribution in [2.45, 2.75) is 12.1 Å². The Morgan fingerprint density at radius 1 is 0.621 bits per heavy atom. The fraction of sp³-hybridized carbons (Fsp3) is 0.111. The van der Waals surface area contributed by atoms with E-state index in [0.29, 0.717) is 6.54 Å². The molecule has 1 unspecified atom stereocenters. The summed E-state index contributed by atoms with van der Waals surface area (Å²) in [4.78, 5) is 2.29. The van der Waals surface area contributed by atoms with Crippen molar-refractivity contribution in [2.75, 3.05) is 6.54 Å². The van der Waals surface area contributed by atoms with Crippen LogP contribution in [-0.4, -0.2) is 16.6 Å². The van der Waals surface area contributed by atoms with Gasteiger partial charge in [0.2, 0.25) is 0 Å². The topological polar surface area (TPSA) is 23.5 Å². The minimum atomic E-state index is -0.706.